The molecule has 11 heteroatoms. The largest absolute Gasteiger partial charge is 0.461 e. The number of urea groups is 1. The summed E-state index contributed by atoms with van der Waals surface area (Å²) in [5, 5.41) is 6.21. The first-order valence-electron chi connectivity index (χ1n) is 11.6. The number of carbonyl (C=O) groups is 1. The molecule has 3 aromatic carbocycles. The Kier molecular flexibility index (Phi) is 7.96. The quantitative estimate of drug-likeness (QED) is 0.196. The van der Waals surface area contributed by atoms with Crippen LogP contribution in [0.1, 0.15) is 29.5 Å². The molecule has 1 aliphatic rings. The van der Waals surface area contributed by atoms with Gasteiger partial charge in [-0.25, -0.2) is 13.6 Å². The molecule has 0 spiro atoms. The number of rotatable bonds is 10. The zero-order valence-electron chi connectivity index (χ0n) is 19.8. The third-order valence-corrected chi connectivity index (χ3v) is 7.41. The van der Waals surface area contributed by atoms with Gasteiger partial charge in [-0.3, -0.25) is 0 Å². The van der Waals surface area contributed by atoms with Crippen LogP contribution >= 0.6 is 15.9 Å². The molecule has 4 nitrogen and oxygen atoms in total. The van der Waals surface area contributed by atoms with Crippen molar-refractivity contribution in [2.45, 2.75) is 42.9 Å². The van der Waals surface area contributed by atoms with Crippen molar-refractivity contribution in [1.29, 1.82) is 0 Å². The molecule has 1 saturated carbocycles. The summed E-state index contributed by atoms with van der Waals surface area (Å²) in [7, 11) is 0. The minimum atomic E-state index is -4.89. The molecule has 38 heavy (non-hydrogen) atoms. The molecule has 2 N–H and O–H groups in total. The van der Waals surface area contributed by atoms with E-state index in [4.69, 9.17) is 0 Å². The summed E-state index contributed by atoms with van der Waals surface area (Å²) < 4.78 is 86.0. The van der Waals surface area contributed by atoms with Crippen LogP contribution in [0, 0.1) is 11.6 Å². The molecule has 0 saturated heterocycles. The van der Waals surface area contributed by atoms with E-state index in [1.807, 2.05) is 0 Å². The van der Waals surface area contributed by atoms with Gasteiger partial charge in [0.1, 0.15) is 17.4 Å². The highest BCUT2D eigenvalue weighted by Crippen LogP contribution is 2.39. The van der Waals surface area contributed by atoms with Gasteiger partial charge in [-0.1, -0.05) is 58.4 Å². The zero-order chi connectivity index (χ0) is 27.6. The normalized spacial score (nSPS) is 16.0. The fraction of sp³-hybridized carbons (Fsp3) is 0.296. The Morgan fingerprint density at radius 3 is 2.18 bits per heavy atom. The van der Waals surface area contributed by atoms with Gasteiger partial charge < -0.3 is 15.4 Å². The van der Waals surface area contributed by atoms with Crippen LogP contribution in [0.2, 0.25) is 0 Å². The van der Waals surface area contributed by atoms with E-state index in [-0.39, 0.29) is 12.0 Å². The van der Waals surface area contributed by atoms with Crippen LogP contribution < -0.4 is 15.4 Å². The van der Waals surface area contributed by atoms with E-state index in [9.17, 15) is 31.1 Å². The van der Waals surface area contributed by atoms with Crippen molar-refractivity contribution in [2.24, 2.45) is 0 Å². The molecule has 0 radical (unpaired) electrons. The number of ether oxygens (including phenoxy) is 1. The first-order valence-corrected chi connectivity index (χ1v) is 12.7. The number of hydrogen-bond acceptors (Lipinski definition) is 2. The van der Waals surface area contributed by atoms with Crippen LogP contribution in [0.5, 0.6) is 5.75 Å². The maximum Gasteiger partial charge on any atom is 0.461 e. The van der Waals surface area contributed by atoms with E-state index in [1.165, 1.54) is 12.1 Å². The molecule has 0 heterocycles. The second kappa shape index (κ2) is 10.9. The molecule has 1 atom stereocenters. The van der Waals surface area contributed by atoms with Crippen molar-refractivity contribution in [3.05, 3.63) is 101 Å². The van der Waals surface area contributed by atoms with Gasteiger partial charge in [-0.15, -0.1) is 0 Å². The number of nitrogens with one attached hydrogen (secondary N) is 2. The maximum atomic E-state index is 14.8. The van der Waals surface area contributed by atoms with Crippen LogP contribution in [0.4, 0.5) is 31.1 Å². The van der Waals surface area contributed by atoms with Crippen LogP contribution in [-0.2, 0) is 12.0 Å². The zero-order valence-corrected chi connectivity index (χ0v) is 21.4. The Bertz CT molecular complexity index is 1270. The van der Waals surface area contributed by atoms with Crippen LogP contribution in [0.3, 0.4) is 0 Å². The van der Waals surface area contributed by atoms with Crippen molar-refractivity contribution in [3.63, 3.8) is 0 Å². The van der Waals surface area contributed by atoms with E-state index in [0.29, 0.717) is 35.4 Å². The van der Waals surface area contributed by atoms with Crippen molar-refractivity contribution in [3.8, 4) is 5.75 Å². The fourth-order valence-electron chi connectivity index (χ4n) is 4.17. The molecule has 4 rings (SSSR count). The molecule has 1 aliphatic carbocycles. The SMILES string of the molecule is O=C(NC1(CBr)CC1)NC(Cc1ccccc1)(c1ccc(F)cc1)c1cc(F)cc(OC(F)(F)C(F)F)c1. The number of hydrogen-bond donors (Lipinski definition) is 2. The lowest BCUT2D eigenvalue weighted by Gasteiger charge is -2.37. The summed E-state index contributed by atoms with van der Waals surface area (Å²) in [4.78, 5) is 13.3. The third-order valence-electron chi connectivity index (χ3n) is 6.34. The highest BCUT2D eigenvalue weighted by Gasteiger charge is 2.46. The minimum Gasteiger partial charge on any atom is -0.428 e. The average molecular weight is 601 g/mol. The molecule has 1 fully saturated rings. The molecule has 1 unspecified atom stereocenters. The first kappa shape index (κ1) is 27.8. The molecule has 0 aromatic heterocycles. The second-order valence-corrected chi connectivity index (χ2v) is 9.77. The molecular weight excluding hydrogens is 578 g/mol. The second-order valence-electron chi connectivity index (χ2n) is 9.21. The highest BCUT2D eigenvalue weighted by atomic mass is 79.9. The van der Waals surface area contributed by atoms with Crippen molar-refractivity contribution in [2.75, 3.05) is 5.33 Å². The van der Waals surface area contributed by atoms with Crippen molar-refractivity contribution in [1.82, 2.24) is 10.6 Å². The predicted molar refractivity (Wildman–Crippen MR) is 133 cm³/mol. The number of alkyl halides is 5. The number of amides is 2. The summed E-state index contributed by atoms with van der Waals surface area (Å²) in [6.07, 6.45) is -7.64. The van der Waals surface area contributed by atoms with Gasteiger partial charge in [-0.2, -0.15) is 17.6 Å². The van der Waals surface area contributed by atoms with Gasteiger partial charge in [0, 0.05) is 17.8 Å². The molecule has 0 bridgehead atoms. The van der Waals surface area contributed by atoms with Gasteiger partial charge in [0.25, 0.3) is 0 Å². The van der Waals surface area contributed by atoms with E-state index < -0.39 is 47.0 Å². The average Bonchev–Trinajstić information content (AvgIpc) is 3.63. The summed E-state index contributed by atoms with van der Waals surface area (Å²) in [6.45, 7) is 0. The summed E-state index contributed by atoms with van der Waals surface area (Å²) >= 11 is 3.37. The fourth-order valence-corrected chi connectivity index (χ4v) is 4.88. The molecule has 2 amide bonds. The summed E-state index contributed by atoms with van der Waals surface area (Å²) in [5.41, 5.74) is -1.27. The standard InChI is InChI=1S/C27H23BrF6N2O2/c28-16-25(10-11-25)35-24(37)36-26(15-17-4-2-1-3-5-17,18-6-8-20(29)9-7-18)19-12-21(30)14-22(13-19)38-27(33,34)23(31)32/h1-9,12-14,23H,10-11,15-16H2,(H2,35,36,37). The summed E-state index contributed by atoms with van der Waals surface area (Å²) in [6, 6.07) is 15.6. The Morgan fingerprint density at radius 2 is 1.61 bits per heavy atom. The van der Waals surface area contributed by atoms with E-state index in [1.54, 1.807) is 30.3 Å². The van der Waals surface area contributed by atoms with Crippen LogP contribution in [-0.4, -0.2) is 29.4 Å². The van der Waals surface area contributed by atoms with Crippen LogP contribution in [0.15, 0.2) is 72.8 Å². The monoisotopic (exact) mass is 600 g/mol. The lowest BCUT2D eigenvalue weighted by Crippen LogP contribution is -2.55. The van der Waals surface area contributed by atoms with Gasteiger partial charge in [0.2, 0.25) is 0 Å². The molecule has 202 valence electrons. The summed E-state index contributed by atoms with van der Waals surface area (Å²) in [5.74, 6) is -2.52. The number of halogens is 7. The third kappa shape index (κ3) is 6.25. The Balaban J connectivity index is 1.88. The Labute approximate surface area is 223 Å². The number of carbonyl (C=O) groups excluding carboxylic acids is 1. The van der Waals surface area contributed by atoms with E-state index in [0.717, 1.165) is 24.3 Å². The van der Waals surface area contributed by atoms with E-state index >= 15 is 0 Å². The maximum absolute atomic E-state index is 14.8. The molecular formula is C27H23BrF6N2O2. The van der Waals surface area contributed by atoms with Gasteiger partial charge >= 0.3 is 18.6 Å². The Morgan fingerprint density at radius 1 is 0.947 bits per heavy atom. The van der Waals surface area contributed by atoms with Gasteiger partial charge in [0.05, 0.1) is 11.1 Å². The minimum absolute atomic E-state index is 0.0255. The highest BCUT2D eigenvalue weighted by molar-refractivity contribution is 9.09. The molecule has 0 aliphatic heterocycles. The predicted octanol–water partition coefficient (Wildman–Crippen LogP) is 6.91. The van der Waals surface area contributed by atoms with E-state index in [2.05, 4.69) is 31.3 Å². The first-order chi connectivity index (χ1) is 18.0. The Hall–Kier alpha value is -3.21. The lowest BCUT2D eigenvalue weighted by molar-refractivity contribution is -0.253. The molecule has 3 aromatic rings. The van der Waals surface area contributed by atoms with Crippen molar-refractivity contribution >= 4 is 22.0 Å². The number of benzene rings is 3. The topological polar surface area (TPSA) is 50.4 Å². The van der Waals surface area contributed by atoms with Gasteiger partial charge in [0.15, 0.2) is 0 Å². The van der Waals surface area contributed by atoms with Gasteiger partial charge in [-0.05, 0) is 53.8 Å². The smallest absolute Gasteiger partial charge is 0.428 e. The van der Waals surface area contributed by atoms with Crippen LogP contribution in [0.25, 0.3) is 0 Å². The van der Waals surface area contributed by atoms with Crippen molar-refractivity contribution < 1.29 is 35.9 Å². The lowest BCUT2D eigenvalue weighted by atomic mass is 9.77.